The van der Waals surface area contributed by atoms with Crippen LogP contribution in [0.5, 0.6) is 0 Å². The first-order valence-electron chi connectivity index (χ1n) is 5.45. The monoisotopic (exact) mass is 204 g/mol. The van der Waals surface area contributed by atoms with Crippen molar-refractivity contribution < 1.29 is 9.53 Å². The number of hydrogen-bond acceptors (Lipinski definition) is 2. The number of hydrogen-bond donors (Lipinski definition) is 0. The van der Waals surface area contributed by atoms with Crippen molar-refractivity contribution in [2.45, 2.75) is 31.8 Å². The third-order valence-electron chi connectivity index (χ3n) is 3.02. The molecular formula is C13H16O2. The van der Waals surface area contributed by atoms with Crippen LogP contribution in [0, 0.1) is 0 Å². The first-order chi connectivity index (χ1) is 7.27. The maximum atomic E-state index is 11.3. The van der Waals surface area contributed by atoms with Gasteiger partial charge in [-0.1, -0.05) is 37.3 Å². The van der Waals surface area contributed by atoms with E-state index < -0.39 is 0 Å². The average molecular weight is 204 g/mol. The van der Waals surface area contributed by atoms with Crippen LogP contribution in [0.25, 0.3) is 0 Å². The lowest BCUT2D eigenvalue weighted by molar-refractivity contribution is -0.129. The van der Waals surface area contributed by atoms with Crippen LogP contribution in [0.15, 0.2) is 30.3 Å². The minimum absolute atomic E-state index is 0.0636. The largest absolute Gasteiger partial charge is 0.377 e. The molecule has 1 aromatic carbocycles. The summed E-state index contributed by atoms with van der Waals surface area (Å²) in [5.41, 5.74) is 1.25. The number of carbonyl (C=O) groups is 1. The van der Waals surface area contributed by atoms with Gasteiger partial charge in [-0.3, -0.25) is 4.79 Å². The van der Waals surface area contributed by atoms with Crippen molar-refractivity contribution in [2.75, 3.05) is 6.61 Å². The summed E-state index contributed by atoms with van der Waals surface area (Å²) in [5, 5.41) is 0. The SMILES string of the molecule is CC(c1ccccc1)C1CC(=O)CCO1. The van der Waals surface area contributed by atoms with Crippen LogP contribution >= 0.6 is 0 Å². The molecule has 2 atom stereocenters. The van der Waals surface area contributed by atoms with E-state index in [4.69, 9.17) is 4.74 Å². The van der Waals surface area contributed by atoms with Crippen LogP contribution in [0.4, 0.5) is 0 Å². The molecule has 1 heterocycles. The van der Waals surface area contributed by atoms with E-state index >= 15 is 0 Å². The van der Waals surface area contributed by atoms with Crippen molar-refractivity contribution in [2.24, 2.45) is 0 Å². The van der Waals surface area contributed by atoms with Gasteiger partial charge in [0.05, 0.1) is 12.7 Å². The quantitative estimate of drug-likeness (QED) is 0.740. The molecule has 0 bridgehead atoms. The Bertz CT molecular complexity index is 332. The average Bonchev–Trinajstić information content (AvgIpc) is 2.29. The number of ether oxygens (including phenoxy) is 1. The second-order valence-electron chi connectivity index (χ2n) is 4.10. The number of carbonyl (C=O) groups excluding carboxylic acids is 1. The predicted molar refractivity (Wildman–Crippen MR) is 58.8 cm³/mol. The summed E-state index contributed by atoms with van der Waals surface area (Å²) in [6.07, 6.45) is 1.21. The molecule has 0 aromatic heterocycles. The highest BCUT2D eigenvalue weighted by atomic mass is 16.5. The standard InChI is InChI=1S/C13H16O2/c1-10(11-5-3-2-4-6-11)13-9-12(14)7-8-15-13/h2-6,10,13H,7-9H2,1H3. The van der Waals surface area contributed by atoms with Crippen molar-refractivity contribution in [3.63, 3.8) is 0 Å². The van der Waals surface area contributed by atoms with Crippen LogP contribution in [0.2, 0.25) is 0 Å². The number of Topliss-reactive ketones (excluding diaryl/α,β-unsaturated/α-hetero) is 1. The molecule has 2 nitrogen and oxygen atoms in total. The van der Waals surface area contributed by atoms with Gasteiger partial charge in [0.15, 0.2) is 0 Å². The molecule has 0 aliphatic carbocycles. The number of benzene rings is 1. The minimum atomic E-state index is 0.0636. The second kappa shape index (κ2) is 4.58. The van der Waals surface area contributed by atoms with Crippen LogP contribution in [0.3, 0.4) is 0 Å². The zero-order chi connectivity index (χ0) is 10.7. The summed E-state index contributed by atoms with van der Waals surface area (Å²) in [5.74, 6) is 0.629. The van der Waals surface area contributed by atoms with E-state index in [0.717, 1.165) is 0 Å². The van der Waals surface area contributed by atoms with Gasteiger partial charge in [0.25, 0.3) is 0 Å². The summed E-state index contributed by atoms with van der Waals surface area (Å²) in [7, 11) is 0. The van der Waals surface area contributed by atoms with E-state index in [1.165, 1.54) is 5.56 Å². The maximum absolute atomic E-state index is 11.3. The fourth-order valence-electron chi connectivity index (χ4n) is 2.00. The summed E-state index contributed by atoms with van der Waals surface area (Å²) in [6.45, 7) is 2.71. The zero-order valence-corrected chi connectivity index (χ0v) is 8.98. The molecule has 1 fully saturated rings. The normalized spacial score (nSPS) is 23.8. The van der Waals surface area contributed by atoms with Gasteiger partial charge in [-0.25, -0.2) is 0 Å². The van der Waals surface area contributed by atoms with Gasteiger partial charge in [0.1, 0.15) is 5.78 Å². The topological polar surface area (TPSA) is 26.3 Å². The Kier molecular flexibility index (Phi) is 3.17. The predicted octanol–water partition coefficient (Wildman–Crippen LogP) is 2.54. The van der Waals surface area contributed by atoms with Gasteiger partial charge in [-0.2, -0.15) is 0 Å². The zero-order valence-electron chi connectivity index (χ0n) is 8.98. The molecule has 0 N–H and O–H groups in total. The van der Waals surface area contributed by atoms with Gasteiger partial charge < -0.3 is 4.74 Å². The van der Waals surface area contributed by atoms with Crippen molar-refractivity contribution in [1.82, 2.24) is 0 Å². The van der Waals surface area contributed by atoms with Crippen LogP contribution in [-0.2, 0) is 9.53 Å². The Labute approximate surface area is 90.3 Å². The van der Waals surface area contributed by atoms with Gasteiger partial charge in [0.2, 0.25) is 0 Å². The summed E-state index contributed by atoms with van der Waals surface area (Å²) in [4.78, 5) is 11.3. The highest BCUT2D eigenvalue weighted by Gasteiger charge is 2.25. The van der Waals surface area contributed by atoms with Gasteiger partial charge in [-0.15, -0.1) is 0 Å². The van der Waals surface area contributed by atoms with Crippen molar-refractivity contribution >= 4 is 5.78 Å². The van der Waals surface area contributed by atoms with E-state index in [2.05, 4.69) is 19.1 Å². The summed E-state index contributed by atoms with van der Waals surface area (Å²) < 4.78 is 5.64. The molecule has 15 heavy (non-hydrogen) atoms. The van der Waals surface area contributed by atoms with Crippen LogP contribution in [0.1, 0.15) is 31.2 Å². The highest BCUT2D eigenvalue weighted by molar-refractivity contribution is 5.79. The Morgan fingerprint density at radius 3 is 2.73 bits per heavy atom. The summed E-state index contributed by atoms with van der Waals surface area (Å²) in [6, 6.07) is 10.2. The maximum Gasteiger partial charge on any atom is 0.137 e. The molecule has 0 spiro atoms. The lowest BCUT2D eigenvalue weighted by Crippen LogP contribution is -2.29. The van der Waals surface area contributed by atoms with E-state index in [9.17, 15) is 4.79 Å². The summed E-state index contributed by atoms with van der Waals surface area (Å²) >= 11 is 0. The number of rotatable bonds is 2. The molecular weight excluding hydrogens is 188 g/mol. The second-order valence-corrected chi connectivity index (χ2v) is 4.10. The molecule has 1 aromatic rings. The van der Waals surface area contributed by atoms with E-state index in [1.807, 2.05) is 18.2 Å². The lowest BCUT2D eigenvalue weighted by atomic mass is 9.90. The van der Waals surface area contributed by atoms with Crippen LogP contribution < -0.4 is 0 Å². The fourth-order valence-corrected chi connectivity index (χ4v) is 2.00. The molecule has 0 radical (unpaired) electrons. The molecule has 0 amide bonds. The fraction of sp³-hybridized carbons (Fsp3) is 0.462. The Morgan fingerprint density at radius 1 is 1.33 bits per heavy atom. The minimum Gasteiger partial charge on any atom is -0.377 e. The third-order valence-corrected chi connectivity index (χ3v) is 3.02. The molecule has 0 saturated carbocycles. The lowest BCUT2D eigenvalue weighted by Gasteiger charge is -2.27. The first kappa shape index (κ1) is 10.4. The Balaban J connectivity index is 2.07. The molecule has 2 unspecified atom stereocenters. The van der Waals surface area contributed by atoms with E-state index in [-0.39, 0.29) is 6.10 Å². The molecule has 1 aliphatic heterocycles. The molecule has 2 rings (SSSR count). The first-order valence-corrected chi connectivity index (χ1v) is 5.45. The number of ketones is 1. The van der Waals surface area contributed by atoms with Gasteiger partial charge in [0, 0.05) is 18.8 Å². The molecule has 1 saturated heterocycles. The highest BCUT2D eigenvalue weighted by Crippen LogP contribution is 2.26. The van der Waals surface area contributed by atoms with Crippen LogP contribution in [-0.4, -0.2) is 18.5 Å². The Hall–Kier alpha value is -1.15. The smallest absolute Gasteiger partial charge is 0.137 e. The molecule has 1 aliphatic rings. The van der Waals surface area contributed by atoms with Crippen molar-refractivity contribution in [1.29, 1.82) is 0 Å². The van der Waals surface area contributed by atoms with Crippen molar-refractivity contribution in [3.8, 4) is 0 Å². The van der Waals surface area contributed by atoms with Gasteiger partial charge in [-0.05, 0) is 5.56 Å². The Morgan fingerprint density at radius 2 is 2.07 bits per heavy atom. The molecule has 2 heteroatoms. The van der Waals surface area contributed by atoms with E-state index in [1.54, 1.807) is 0 Å². The van der Waals surface area contributed by atoms with Gasteiger partial charge >= 0.3 is 0 Å². The third kappa shape index (κ3) is 2.45. The van der Waals surface area contributed by atoms with Crippen molar-refractivity contribution in [3.05, 3.63) is 35.9 Å². The molecule has 80 valence electrons. The van der Waals surface area contributed by atoms with E-state index in [0.29, 0.717) is 31.1 Å².